The largest absolute Gasteiger partial charge is 0.396 e. The summed E-state index contributed by atoms with van der Waals surface area (Å²) in [6.07, 6.45) is 7.23. The van der Waals surface area contributed by atoms with Gasteiger partial charge in [0.15, 0.2) is 0 Å². The number of nitrogens with zero attached hydrogens (tertiary/aromatic N) is 1. The molecule has 1 aliphatic rings. The summed E-state index contributed by atoms with van der Waals surface area (Å²) in [5.41, 5.74) is 0. The molecule has 0 aliphatic heterocycles. The van der Waals surface area contributed by atoms with Gasteiger partial charge in [0.05, 0.1) is 5.01 Å². The van der Waals surface area contributed by atoms with Crippen LogP contribution in [0.3, 0.4) is 0 Å². The van der Waals surface area contributed by atoms with Crippen molar-refractivity contribution in [3.8, 4) is 0 Å². The summed E-state index contributed by atoms with van der Waals surface area (Å²) >= 11 is 1.78. The van der Waals surface area contributed by atoms with Crippen molar-refractivity contribution in [1.29, 1.82) is 0 Å². The summed E-state index contributed by atoms with van der Waals surface area (Å²) in [7, 11) is 0. The average molecular weight is 252 g/mol. The molecule has 1 heterocycles. The lowest BCUT2D eigenvalue weighted by Crippen LogP contribution is -2.25. The summed E-state index contributed by atoms with van der Waals surface area (Å²) in [6, 6.07) is 0.400. The molecule has 0 saturated heterocycles. The van der Waals surface area contributed by atoms with Crippen molar-refractivity contribution in [3.05, 3.63) is 28.2 Å². The molecule has 0 radical (unpaired) electrons. The van der Waals surface area contributed by atoms with Gasteiger partial charge < -0.3 is 10.4 Å². The molecule has 3 nitrogen and oxygen atoms in total. The fraction of sp³-hybridized carbons (Fsp3) is 0.615. The van der Waals surface area contributed by atoms with Crippen LogP contribution in [-0.4, -0.2) is 22.7 Å². The Hall–Kier alpha value is -0.710. The van der Waals surface area contributed by atoms with E-state index in [1.54, 1.807) is 11.3 Å². The average Bonchev–Trinajstić information content (AvgIpc) is 2.95. The number of nitrogens with one attached hydrogen (secondary N) is 1. The van der Waals surface area contributed by atoms with Crippen molar-refractivity contribution >= 4 is 11.3 Å². The number of thiazole rings is 1. The molecule has 17 heavy (non-hydrogen) atoms. The van der Waals surface area contributed by atoms with Gasteiger partial charge in [0.2, 0.25) is 0 Å². The van der Waals surface area contributed by atoms with Gasteiger partial charge in [0, 0.05) is 42.1 Å². The van der Waals surface area contributed by atoms with E-state index in [0.717, 1.165) is 13.0 Å². The number of rotatable bonds is 5. The predicted octanol–water partition coefficient (Wildman–Crippen LogP) is 2.29. The first kappa shape index (κ1) is 12.7. The molecule has 1 aliphatic carbocycles. The molecular formula is C13H20N2OS. The minimum Gasteiger partial charge on any atom is -0.396 e. The van der Waals surface area contributed by atoms with Crippen molar-refractivity contribution in [1.82, 2.24) is 10.3 Å². The Labute approximate surface area is 107 Å². The molecule has 94 valence electrons. The van der Waals surface area contributed by atoms with Crippen LogP contribution < -0.4 is 5.32 Å². The van der Waals surface area contributed by atoms with Crippen LogP contribution in [0, 0.1) is 5.92 Å². The Kier molecular flexibility index (Phi) is 4.31. The van der Waals surface area contributed by atoms with Gasteiger partial charge in [0.1, 0.15) is 0 Å². The molecule has 0 saturated carbocycles. The van der Waals surface area contributed by atoms with E-state index in [2.05, 4.69) is 36.3 Å². The van der Waals surface area contributed by atoms with Crippen LogP contribution in [0.15, 0.2) is 18.3 Å². The zero-order chi connectivity index (χ0) is 12.3. The maximum Gasteiger partial charge on any atom is 0.0953 e. The van der Waals surface area contributed by atoms with E-state index in [1.165, 1.54) is 9.88 Å². The van der Waals surface area contributed by atoms with Crippen LogP contribution in [0.2, 0.25) is 0 Å². The number of hydrogen-bond donors (Lipinski definition) is 2. The zero-order valence-corrected chi connectivity index (χ0v) is 11.2. The topological polar surface area (TPSA) is 45.2 Å². The first-order valence-corrected chi connectivity index (χ1v) is 6.98. The van der Waals surface area contributed by atoms with Crippen LogP contribution >= 0.6 is 11.3 Å². The first-order valence-electron chi connectivity index (χ1n) is 6.16. The molecule has 2 N–H and O–H groups in total. The summed E-state index contributed by atoms with van der Waals surface area (Å²) in [6.45, 7) is 5.47. The van der Waals surface area contributed by atoms with Crippen LogP contribution in [0.4, 0.5) is 0 Å². The molecule has 1 aromatic heterocycles. The van der Waals surface area contributed by atoms with Crippen molar-refractivity contribution in [2.24, 2.45) is 5.92 Å². The SMILES string of the molecule is CC(C)c1ncc(CN[C@@H]2C=C[C@H](CO)C2)s1. The van der Waals surface area contributed by atoms with Crippen LogP contribution in [0.1, 0.15) is 36.1 Å². The van der Waals surface area contributed by atoms with Gasteiger partial charge >= 0.3 is 0 Å². The van der Waals surface area contributed by atoms with Gasteiger partial charge in [-0.25, -0.2) is 4.98 Å². The zero-order valence-electron chi connectivity index (χ0n) is 10.4. The van der Waals surface area contributed by atoms with E-state index in [-0.39, 0.29) is 6.61 Å². The summed E-state index contributed by atoms with van der Waals surface area (Å²) < 4.78 is 0. The lowest BCUT2D eigenvalue weighted by atomic mass is 10.1. The summed E-state index contributed by atoms with van der Waals surface area (Å²) in [5, 5.41) is 13.7. The van der Waals surface area contributed by atoms with Gasteiger partial charge in [-0.05, 0) is 6.42 Å². The highest BCUT2D eigenvalue weighted by Gasteiger charge is 2.17. The molecule has 0 aromatic carbocycles. The Balaban J connectivity index is 1.80. The van der Waals surface area contributed by atoms with Gasteiger partial charge in [-0.1, -0.05) is 26.0 Å². The lowest BCUT2D eigenvalue weighted by molar-refractivity contribution is 0.246. The molecule has 2 rings (SSSR count). The Morgan fingerprint density at radius 2 is 2.35 bits per heavy atom. The third-order valence-corrected chi connectivity index (χ3v) is 4.31. The second kappa shape index (κ2) is 5.76. The quantitative estimate of drug-likeness (QED) is 0.790. The maximum atomic E-state index is 9.05. The van der Waals surface area contributed by atoms with Crippen molar-refractivity contribution < 1.29 is 5.11 Å². The van der Waals surface area contributed by atoms with E-state index >= 15 is 0 Å². The molecule has 1 aromatic rings. The molecule has 0 fully saturated rings. The normalized spacial score (nSPS) is 23.8. The van der Waals surface area contributed by atoms with Gasteiger partial charge in [-0.15, -0.1) is 11.3 Å². The number of aromatic nitrogens is 1. The summed E-state index contributed by atoms with van der Waals surface area (Å²) in [5.74, 6) is 0.846. The monoisotopic (exact) mass is 252 g/mol. The number of aliphatic hydroxyl groups is 1. The molecule has 2 atom stereocenters. The van der Waals surface area contributed by atoms with E-state index in [0.29, 0.717) is 17.9 Å². The minimum absolute atomic E-state index is 0.257. The van der Waals surface area contributed by atoms with Crippen molar-refractivity contribution in [2.75, 3.05) is 6.61 Å². The number of hydrogen-bond acceptors (Lipinski definition) is 4. The molecule has 0 bridgehead atoms. The third-order valence-electron chi connectivity index (χ3n) is 3.01. The first-order chi connectivity index (χ1) is 8.19. The van der Waals surface area contributed by atoms with Gasteiger partial charge in [-0.3, -0.25) is 0 Å². The second-order valence-electron chi connectivity index (χ2n) is 4.87. The lowest BCUT2D eigenvalue weighted by Gasteiger charge is -2.11. The fourth-order valence-corrected chi connectivity index (χ4v) is 2.83. The van der Waals surface area contributed by atoms with E-state index < -0.39 is 0 Å². The van der Waals surface area contributed by atoms with Crippen molar-refractivity contribution in [3.63, 3.8) is 0 Å². The number of aliphatic hydroxyl groups excluding tert-OH is 1. The predicted molar refractivity (Wildman–Crippen MR) is 71.2 cm³/mol. The highest BCUT2D eigenvalue weighted by molar-refractivity contribution is 7.11. The standard InChI is InChI=1S/C13H20N2OS/c1-9(2)13-15-7-12(17-13)6-14-11-4-3-10(5-11)8-16/h3-4,7,9-11,14,16H,5-6,8H2,1-2H3/t10-,11+/m0/s1. The van der Waals surface area contributed by atoms with E-state index in [1.807, 2.05) is 6.20 Å². The fourth-order valence-electron chi connectivity index (χ4n) is 1.96. The third kappa shape index (κ3) is 3.37. The van der Waals surface area contributed by atoms with E-state index in [4.69, 9.17) is 5.11 Å². The smallest absolute Gasteiger partial charge is 0.0953 e. The highest BCUT2D eigenvalue weighted by Crippen LogP contribution is 2.22. The highest BCUT2D eigenvalue weighted by atomic mass is 32.1. The molecular weight excluding hydrogens is 232 g/mol. The van der Waals surface area contributed by atoms with Crippen LogP contribution in [0.5, 0.6) is 0 Å². The van der Waals surface area contributed by atoms with Gasteiger partial charge in [0.25, 0.3) is 0 Å². The molecule has 0 unspecified atom stereocenters. The summed E-state index contributed by atoms with van der Waals surface area (Å²) in [4.78, 5) is 5.70. The molecule has 0 spiro atoms. The van der Waals surface area contributed by atoms with Crippen LogP contribution in [0.25, 0.3) is 0 Å². The molecule has 4 heteroatoms. The van der Waals surface area contributed by atoms with E-state index in [9.17, 15) is 0 Å². The van der Waals surface area contributed by atoms with Crippen LogP contribution in [-0.2, 0) is 6.54 Å². The Morgan fingerprint density at radius 1 is 1.53 bits per heavy atom. The van der Waals surface area contributed by atoms with Gasteiger partial charge in [-0.2, -0.15) is 0 Å². The van der Waals surface area contributed by atoms with Crippen molar-refractivity contribution in [2.45, 2.75) is 38.8 Å². The Bertz CT molecular complexity index is 387. The second-order valence-corrected chi connectivity index (χ2v) is 6.02. The minimum atomic E-state index is 0.257. The maximum absolute atomic E-state index is 9.05. The Morgan fingerprint density at radius 3 is 2.94 bits per heavy atom. The molecule has 0 amide bonds.